The van der Waals surface area contributed by atoms with Gasteiger partial charge in [-0.2, -0.15) is 0 Å². The third kappa shape index (κ3) is 5.42. The van der Waals surface area contributed by atoms with Gasteiger partial charge in [0.1, 0.15) is 11.6 Å². The summed E-state index contributed by atoms with van der Waals surface area (Å²) in [5, 5.41) is 2.91. The van der Waals surface area contributed by atoms with E-state index in [1.54, 1.807) is 0 Å². The molecule has 3 aromatic rings. The number of benzene rings is 2. The number of fused-ring (bicyclic) bond motifs is 1. The van der Waals surface area contributed by atoms with E-state index in [1.807, 2.05) is 42.5 Å². The fraction of sp³-hybridized carbons (Fsp3) is 0.417. The van der Waals surface area contributed by atoms with Crippen molar-refractivity contribution >= 4 is 22.6 Å². The predicted octanol–water partition coefficient (Wildman–Crippen LogP) is 3.71. The minimum Gasteiger partial charge on any atom is -0.483 e. The number of H-pyrrole nitrogens is 1. The average Bonchev–Trinajstić information content (AvgIpc) is 3.14. The predicted molar refractivity (Wildman–Crippen MR) is 121 cm³/mol. The molecule has 7 heteroatoms. The van der Waals surface area contributed by atoms with Crippen molar-refractivity contribution in [2.45, 2.75) is 32.7 Å². The number of aromatic amines is 1. The fourth-order valence-corrected chi connectivity index (χ4v) is 3.74. The van der Waals surface area contributed by atoms with Gasteiger partial charge in [-0.05, 0) is 35.2 Å². The van der Waals surface area contributed by atoms with Crippen LogP contribution in [0.2, 0.25) is 0 Å². The van der Waals surface area contributed by atoms with Crippen LogP contribution in [0, 0.1) is 0 Å². The summed E-state index contributed by atoms with van der Waals surface area (Å²) in [7, 11) is 0. The highest BCUT2D eigenvalue weighted by Crippen LogP contribution is 2.30. The minimum atomic E-state index is -0.198. The zero-order chi connectivity index (χ0) is 21.8. The molecule has 0 unspecified atom stereocenters. The molecule has 2 heterocycles. The van der Waals surface area contributed by atoms with Crippen molar-refractivity contribution in [3.8, 4) is 5.75 Å². The van der Waals surface area contributed by atoms with Gasteiger partial charge in [-0.15, -0.1) is 0 Å². The number of nitrogens with zero attached hydrogens (tertiary/aromatic N) is 2. The van der Waals surface area contributed by atoms with Crippen LogP contribution in [0.25, 0.3) is 11.0 Å². The lowest BCUT2D eigenvalue weighted by Crippen LogP contribution is -2.35. The van der Waals surface area contributed by atoms with E-state index in [4.69, 9.17) is 9.47 Å². The number of para-hydroxylation sites is 1. The molecule has 1 amide bonds. The number of nitrogens with one attached hydrogen (secondary N) is 2. The number of carbonyl (C=O) groups is 1. The standard InChI is InChI=1S/C24H30N4O3/c1-24(2,3)18-6-4-5-7-21(18)31-16-23(29)25-17-8-9-19-20(14-17)27-22(26-19)15-28-10-12-30-13-11-28/h4-9,14H,10-13,15-16H2,1-3H3,(H,25,29)(H,26,27). The van der Waals surface area contributed by atoms with Gasteiger partial charge >= 0.3 is 0 Å². The van der Waals surface area contributed by atoms with Crippen LogP contribution >= 0.6 is 0 Å². The summed E-state index contributed by atoms with van der Waals surface area (Å²) >= 11 is 0. The van der Waals surface area contributed by atoms with E-state index >= 15 is 0 Å². The van der Waals surface area contributed by atoms with Crippen molar-refractivity contribution in [1.29, 1.82) is 0 Å². The van der Waals surface area contributed by atoms with E-state index in [1.165, 1.54) is 0 Å². The van der Waals surface area contributed by atoms with E-state index in [0.717, 1.165) is 61.0 Å². The SMILES string of the molecule is CC(C)(C)c1ccccc1OCC(=O)Nc1ccc2nc(CN3CCOCC3)[nH]c2c1. The molecule has 1 fully saturated rings. The Labute approximate surface area is 182 Å². The smallest absolute Gasteiger partial charge is 0.262 e. The van der Waals surface area contributed by atoms with Crippen LogP contribution < -0.4 is 10.1 Å². The highest BCUT2D eigenvalue weighted by atomic mass is 16.5. The van der Waals surface area contributed by atoms with Gasteiger partial charge in [-0.25, -0.2) is 4.98 Å². The van der Waals surface area contributed by atoms with Crippen molar-refractivity contribution in [2.75, 3.05) is 38.2 Å². The zero-order valence-electron chi connectivity index (χ0n) is 18.4. The molecule has 4 rings (SSSR count). The number of imidazole rings is 1. The molecule has 1 saturated heterocycles. The van der Waals surface area contributed by atoms with Crippen molar-refractivity contribution in [2.24, 2.45) is 0 Å². The second-order valence-corrected chi connectivity index (χ2v) is 8.89. The van der Waals surface area contributed by atoms with Crippen LogP contribution in [0.3, 0.4) is 0 Å². The number of hydrogen-bond acceptors (Lipinski definition) is 5. The van der Waals surface area contributed by atoms with Crippen molar-refractivity contribution in [1.82, 2.24) is 14.9 Å². The largest absolute Gasteiger partial charge is 0.483 e. The van der Waals surface area contributed by atoms with Crippen LogP contribution in [0.5, 0.6) is 5.75 Å². The first-order chi connectivity index (χ1) is 14.9. The molecule has 31 heavy (non-hydrogen) atoms. The monoisotopic (exact) mass is 422 g/mol. The van der Waals surface area contributed by atoms with Crippen molar-refractivity contribution in [3.05, 3.63) is 53.9 Å². The first-order valence-electron chi connectivity index (χ1n) is 10.7. The third-order valence-corrected chi connectivity index (χ3v) is 5.35. The molecule has 0 aliphatic carbocycles. The molecule has 1 aromatic heterocycles. The van der Waals surface area contributed by atoms with Gasteiger partial charge in [0.05, 0.1) is 30.8 Å². The maximum atomic E-state index is 12.5. The Morgan fingerprint density at radius 1 is 1.19 bits per heavy atom. The summed E-state index contributed by atoms with van der Waals surface area (Å²) in [6, 6.07) is 13.5. The minimum absolute atomic E-state index is 0.0453. The number of rotatable bonds is 6. The van der Waals surface area contributed by atoms with Gasteiger partial charge in [0, 0.05) is 18.8 Å². The number of hydrogen-bond donors (Lipinski definition) is 2. The molecule has 0 atom stereocenters. The molecule has 7 nitrogen and oxygen atoms in total. The highest BCUT2D eigenvalue weighted by molar-refractivity contribution is 5.94. The van der Waals surface area contributed by atoms with E-state index in [-0.39, 0.29) is 17.9 Å². The van der Waals surface area contributed by atoms with E-state index in [9.17, 15) is 4.79 Å². The van der Waals surface area contributed by atoms with Crippen LogP contribution in [0.1, 0.15) is 32.2 Å². The molecule has 1 aliphatic rings. The Morgan fingerprint density at radius 3 is 2.74 bits per heavy atom. The van der Waals surface area contributed by atoms with Crippen LogP contribution in [-0.2, 0) is 21.5 Å². The normalized spacial score (nSPS) is 15.2. The number of amides is 1. The topological polar surface area (TPSA) is 79.5 Å². The Hall–Kier alpha value is -2.90. The lowest BCUT2D eigenvalue weighted by molar-refractivity contribution is -0.118. The van der Waals surface area contributed by atoms with Crippen LogP contribution in [0.4, 0.5) is 5.69 Å². The number of anilines is 1. The average molecular weight is 423 g/mol. The van der Waals surface area contributed by atoms with Gasteiger partial charge < -0.3 is 19.8 Å². The Balaban J connectivity index is 1.37. The van der Waals surface area contributed by atoms with Gasteiger partial charge in [0.2, 0.25) is 0 Å². The van der Waals surface area contributed by atoms with Gasteiger partial charge in [-0.1, -0.05) is 39.0 Å². The summed E-state index contributed by atoms with van der Waals surface area (Å²) in [5.41, 5.74) is 3.52. The number of carbonyl (C=O) groups excluding carboxylic acids is 1. The van der Waals surface area contributed by atoms with E-state index < -0.39 is 0 Å². The van der Waals surface area contributed by atoms with Crippen LogP contribution in [0.15, 0.2) is 42.5 Å². The number of aromatic nitrogens is 2. The maximum absolute atomic E-state index is 12.5. The number of ether oxygens (including phenoxy) is 2. The highest BCUT2D eigenvalue weighted by Gasteiger charge is 2.19. The molecular formula is C24H30N4O3. The number of morpholine rings is 1. The molecule has 1 aliphatic heterocycles. The second kappa shape index (κ2) is 9.08. The van der Waals surface area contributed by atoms with Gasteiger partial charge in [0.15, 0.2) is 6.61 Å². The molecule has 0 bridgehead atoms. The molecule has 0 spiro atoms. The van der Waals surface area contributed by atoms with Crippen molar-refractivity contribution in [3.63, 3.8) is 0 Å². The Kier molecular flexibility index (Phi) is 6.25. The van der Waals surface area contributed by atoms with Crippen LogP contribution in [-0.4, -0.2) is 53.7 Å². The summed E-state index contributed by atoms with van der Waals surface area (Å²) in [5.74, 6) is 1.46. The Bertz CT molecular complexity index is 1050. The molecule has 2 aromatic carbocycles. The maximum Gasteiger partial charge on any atom is 0.262 e. The summed E-state index contributed by atoms with van der Waals surface area (Å²) < 4.78 is 11.2. The van der Waals surface area contributed by atoms with Crippen molar-refractivity contribution < 1.29 is 14.3 Å². The summed E-state index contributed by atoms with van der Waals surface area (Å²) in [6.45, 7) is 10.5. The zero-order valence-corrected chi connectivity index (χ0v) is 18.4. The summed E-state index contributed by atoms with van der Waals surface area (Å²) in [4.78, 5) is 22.8. The molecular weight excluding hydrogens is 392 g/mol. The third-order valence-electron chi connectivity index (χ3n) is 5.35. The quantitative estimate of drug-likeness (QED) is 0.633. The van der Waals surface area contributed by atoms with E-state index in [2.05, 4.69) is 41.0 Å². The molecule has 164 valence electrons. The van der Waals surface area contributed by atoms with E-state index in [0.29, 0.717) is 5.69 Å². The first-order valence-corrected chi connectivity index (χ1v) is 10.7. The molecule has 2 N–H and O–H groups in total. The lowest BCUT2D eigenvalue weighted by Gasteiger charge is -2.25. The molecule has 0 saturated carbocycles. The Morgan fingerprint density at radius 2 is 1.97 bits per heavy atom. The lowest BCUT2D eigenvalue weighted by atomic mass is 9.86. The first kappa shape index (κ1) is 21.3. The summed E-state index contributed by atoms with van der Waals surface area (Å²) in [6.07, 6.45) is 0. The van der Waals surface area contributed by atoms with Gasteiger partial charge in [-0.3, -0.25) is 9.69 Å². The molecule has 0 radical (unpaired) electrons. The fourth-order valence-electron chi connectivity index (χ4n) is 3.74. The van der Waals surface area contributed by atoms with Gasteiger partial charge in [0.25, 0.3) is 5.91 Å². The second-order valence-electron chi connectivity index (χ2n) is 8.89.